The molecule has 52 valence electrons. The molecule has 0 aromatic rings. The monoisotopic (exact) mass is 119 g/mol. The lowest BCUT2D eigenvalue weighted by atomic mass is 10.3. The Balaban J connectivity index is 0. The number of nitrogens with one attached hydrogen (secondary N) is 1. The van der Waals surface area contributed by atoms with Crippen LogP contribution in [-0.4, -0.2) is 24.3 Å². The summed E-state index contributed by atoms with van der Waals surface area (Å²) in [5.41, 5.74) is 0. The van der Waals surface area contributed by atoms with E-state index < -0.39 is 0 Å². The van der Waals surface area contributed by atoms with Gasteiger partial charge in [-0.05, 0) is 13.0 Å². The van der Waals surface area contributed by atoms with E-state index in [9.17, 15) is 0 Å². The van der Waals surface area contributed by atoms with Crippen LogP contribution in [0.2, 0.25) is 0 Å². The third-order valence-corrected chi connectivity index (χ3v) is 1.03. The molecule has 1 saturated heterocycles. The number of β-amino-alcohol motifs (C(OH)–C–C–N with tert-alkyl or cyclic N) is 1. The highest BCUT2D eigenvalue weighted by Crippen LogP contribution is 1.93. The van der Waals surface area contributed by atoms with Crippen molar-refractivity contribution in [3.05, 3.63) is 0 Å². The van der Waals surface area contributed by atoms with Gasteiger partial charge in [0.1, 0.15) is 0 Å². The van der Waals surface area contributed by atoms with Gasteiger partial charge in [0, 0.05) is 7.97 Å². The molecule has 1 rings (SSSR count). The second-order valence-corrected chi connectivity index (χ2v) is 1.65. The Labute approximate surface area is 52.4 Å². The Kier molecular flexibility index (Phi) is 5.01. The average molecular weight is 119 g/mol. The van der Waals surface area contributed by atoms with Gasteiger partial charge >= 0.3 is 0 Å². The first-order valence-electron chi connectivity index (χ1n) is 3.28. The normalized spacial score (nSPS) is 26.6. The minimum atomic E-state index is -0.0648. The van der Waals surface area contributed by atoms with E-state index in [1.165, 1.54) is 0 Å². The topological polar surface area (TPSA) is 32.3 Å². The van der Waals surface area contributed by atoms with Crippen LogP contribution in [0.5, 0.6) is 0 Å². The summed E-state index contributed by atoms with van der Waals surface area (Å²) in [6, 6.07) is 0. The molecule has 0 aromatic carbocycles. The van der Waals surface area contributed by atoms with Crippen LogP contribution < -0.4 is 5.32 Å². The zero-order chi connectivity index (χ0) is 6.41. The third-order valence-electron chi connectivity index (χ3n) is 1.03. The number of aliphatic hydroxyl groups excluding tert-OH is 1. The van der Waals surface area contributed by atoms with Crippen molar-refractivity contribution in [1.29, 1.82) is 0 Å². The summed E-state index contributed by atoms with van der Waals surface area (Å²) in [5.74, 6) is 0. The van der Waals surface area contributed by atoms with Crippen molar-refractivity contribution in [3.8, 4) is 0 Å². The smallest absolute Gasteiger partial charge is 0.0676 e. The summed E-state index contributed by atoms with van der Waals surface area (Å²) in [5, 5.41) is 11.7. The van der Waals surface area contributed by atoms with Crippen molar-refractivity contribution in [2.75, 3.05) is 13.1 Å². The standard InChI is InChI=1S/C4H9NO.C2H6.H2/c6-4-1-2-5-3-4;1-2;/h4-6H,1-3H2;1-2H3;1H. The van der Waals surface area contributed by atoms with Gasteiger partial charge in [-0.2, -0.15) is 0 Å². The van der Waals surface area contributed by atoms with E-state index in [2.05, 4.69) is 5.32 Å². The first kappa shape index (κ1) is 7.92. The van der Waals surface area contributed by atoms with Crippen LogP contribution in [0.3, 0.4) is 0 Å². The number of hydrogen-bond donors (Lipinski definition) is 2. The summed E-state index contributed by atoms with van der Waals surface area (Å²) >= 11 is 0. The lowest BCUT2D eigenvalue weighted by Gasteiger charge is -1.90. The van der Waals surface area contributed by atoms with Gasteiger partial charge in [0.15, 0.2) is 0 Å². The van der Waals surface area contributed by atoms with Crippen LogP contribution >= 0.6 is 0 Å². The van der Waals surface area contributed by atoms with Crippen molar-refractivity contribution < 1.29 is 6.53 Å². The van der Waals surface area contributed by atoms with Crippen LogP contribution in [0.25, 0.3) is 0 Å². The Bertz CT molecular complexity index is 46.3. The van der Waals surface area contributed by atoms with Crippen LogP contribution in [0.4, 0.5) is 0 Å². The summed E-state index contributed by atoms with van der Waals surface area (Å²) < 4.78 is 0. The fourth-order valence-corrected chi connectivity index (χ4v) is 0.639. The van der Waals surface area contributed by atoms with E-state index in [-0.39, 0.29) is 7.53 Å². The number of hydrogen-bond acceptors (Lipinski definition) is 2. The molecule has 2 nitrogen and oxygen atoms in total. The molecular formula is C6H17NO. The van der Waals surface area contributed by atoms with Crippen LogP contribution in [-0.2, 0) is 0 Å². The van der Waals surface area contributed by atoms with Crippen molar-refractivity contribution in [1.82, 2.24) is 5.32 Å². The first-order chi connectivity index (χ1) is 3.89. The molecule has 0 bridgehead atoms. The molecular weight excluding hydrogens is 102 g/mol. The summed E-state index contributed by atoms with van der Waals surface area (Å²) in [4.78, 5) is 0. The molecule has 0 spiro atoms. The number of aliphatic hydroxyl groups is 1. The molecule has 2 heteroatoms. The molecule has 2 N–H and O–H groups in total. The highest BCUT2D eigenvalue weighted by atomic mass is 16.3. The van der Waals surface area contributed by atoms with Gasteiger partial charge < -0.3 is 10.4 Å². The Morgan fingerprint density at radius 2 is 2.25 bits per heavy atom. The molecule has 1 fully saturated rings. The van der Waals surface area contributed by atoms with Gasteiger partial charge in [0.05, 0.1) is 6.10 Å². The number of rotatable bonds is 0. The Hall–Kier alpha value is -0.0800. The van der Waals surface area contributed by atoms with E-state index in [1.807, 2.05) is 13.8 Å². The fraction of sp³-hybridized carbons (Fsp3) is 1.00. The van der Waals surface area contributed by atoms with Gasteiger partial charge in [-0.25, -0.2) is 0 Å². The quantitative estimate of drug-likeness (QED) is 0.490. The molecule has 1 unspecified atom stereocenters. The van der Waals surface area contributed by atoms with E-state index >= 15 is 0 Å². The van der Waals surface area contributed by atoms with Gasteiger partial charge in [-0.3, -0.25) is 0 Å². The minimum absolute atomic E-state index is 0. The third kappa shape index (κ3) is 2.99. The van der Waals surface area contributed by atoms with E-state index in [0.29, 0.717) is 0 Å². The molecule has 8 heavy (non-hydrogen) atoms. The first-order valence-corrected chi connectivity index (χ1v) is 3.28. The predicted molar refractivity (Wildman–Crippen MR) is 37.0 cm³/mol. The van der Waals surface area contributed by atoms with Gasteiger partial charge in [-0.1, -0.05) is 13.8 Å². The lowest BCUT2D eigenvalue weighted by Crippen LogP contribution is -2.11. The highest BCUT2D eigenvalue weighted by molar-refractivity contribution is 4.67. The molecule has 0 aliphatic carbocycles. The largest absolute Gasteiger partial charge is 0.392 e. The predicted octanol–water partition coefficient (Wildman–Crippen LogP) is 0.613. The van der Waals surface area contributed by atoms with E-state index in [0.717, 1.165) is 19.5 Å². The molecule has 0 aromatic heterocycles. The zero-order valence-corrected chi connectivity index (χ0v) is 5.65. The molecule has 0 radical (unpaired) electrons. The molecule has 1 atom stereocenters. The molecule has 1 aliphatic rings. The molecule has 0 saturated carbocycles. The van der Waals surface area contributed by atoms with Crippen LogP contribution in [0, 0.1) is 0 Å². The van der Waals surface area contributed by atoms with Crippen molar-refractivity contribution >= 4 is 0 Å². The van der Waals surface area contributed by atoms with Crippen molar-refractivity contribution in [2.24, 2.45) is 0 Å². The Morgan fingerprint density at radius 3 is 2.38 bits per heavy atom. The minimum Gasteiger partial charge on any atom is -0.392 e. The second kappa shape index (κ2) is 5.06. The van der Waals surface area contributed by atoms with Crippen LogP contribution in [0.15, 0.2) is 0 Å². The second-order valence-electron chi connectivity index (χ2n) is 1.65. The average Bonchev–Trinajstić information content (AvgIpc) is 2.24. The maximum absolute atomic E-state index is 8.67. The van der Waals surface area contributed by atoms with Gasteiger partial charge in [0.2, 0.25) is 0 Å². The van der Waals surface area contributed by atoms with E-state index in [1.54, 1.807) is 0 Å². The zero-order valence-electron chi connectivity index (χ0n) is 5.65. The fourth-order valence-electron chi connectivity index (χ4n) is 0.639. The maximum atomic E-state index is 8.67. The lowest BCUT2D eigenvalue weighted by molar-refractivity contribution is 0.196. The maximum Gasteiger partial charge on any atom is 0.0676 e. The van der Waals surface area contributed by atoms with Crippen LogP contribution in [0.1, 0.15) is 21.7 Å². The van der Waals surface area contributed by atoms with Crippen molar-refractivity contribution in [3.63, 3.8) is 0 Å². The molecule has 0 amide bonds. The summed E-state index contributed by atoms with van der Waals surface area (Å²) in [6.07, 6.45) is 0.866. The van der Waals surface area contributed by atoms with Gasteiger partial charge in [0.25, 0.3) is 0 Å². The molecule has 1 aliphatic heterocycles. The highest BCUT2D eigenvalue weighted by Gasteiger charge is 2.08. The van der Waals surface area contributed by atoms with E-state index in [4.69, 9.17) is 5.11 Å². The summed E-state index contributed by atoms with van der Waals surface area (Å²) in [7, 11) is 0. The van der Waals surface area contributed by atoms with Crippen molar-refractivity contribution in [2.45, 2.75) is 26.4 Å². The Morgan fingerprint density at radius 1 is 1.62 bits per heavy atom. The SMILES string of the molecule is CC.OC1CCNC1.[HH]. The molecule has 1 heterocycles. The summed E-state index contributed by atoms with van der Waals surface area (Å²) in [6.45, 7) is 5.78. The van der Waals surface area contributed by atoms with Gasteiger partial charge in [-0.15, -0.1) is 0 Å².